The first-order valence-corrected chi connectivity index (χ1v) is 9.88. The molecule has 1 aliphatic rings. The number of nitro groups is 1. The zero-order chi connectivity index (χ0) is 18.9. The van der Waals surface area contributed by atoms with E-state index in [1.54, 1.807) is 0 Å². The van der Waals surface area contributed by atoms with Crippen molar-refractivity contribution in [1.29, 1.82) is 0 Å². The Morgan fingerprint density at radius 2 is 1.96 bits per heavy atom. The van der Waals surface area contributed by atoms with Crippen molar-refractivity contribution in [3.05, 3.63) is 63.7 Å². The van der Waals surface area contributed by atoms with Gasteiger partial charge < -0.3 is 4.90 Å². The Bertz CT molecular complexity index is 943. The molecule has 1 unspecified atom stereocenters. The van der Waals surface area contributed by atoms with Crippen molar-refractivity contribution in [2.24, 2.45) is 0 Å². The summed E-state index contributed by atoms with van der Waals surface area (Å²) in [6.45, 7) is 4.48. The summed E-state index contributed by atoms with van der Waals surface area (Å²) >= 11 is 0. The Hall–Kier alpha value is -2.45. The first kappa shape index (κ1) is 18.3. The molecule has 1 heterocycles. The summed E-state index contributed by atoms with van der Waals surface area (Å²) in [6, 6.07) is 12.1. The molecule has 2 aromatic rings. The molecule has 1 aliphatic heterocycles. The monoisotopic (exact) mass is 375 g/mol. The second-order valence-corrected chi connectivity index (χ2v) is 8.17. The van der Waals surface area contributed by atoms with Gasteiger partial charge in [0.1, 0.15) is 0 Å². The Morgan fingerprint density at radius 3 is 2.69 bits per heavy atom. The lowest BCUT2D eigenvalue weighted by Gasteiger charge is -2.27. The summed E-state index contributed by atoms with van der Waals surface area (Å²) in [6.07, 6.45) is 0.942. The standard InChI is InChI=1S/C18H21N3O4S/c1-13(20-11-10-15-6-3-4-7-17(15)20)12-19-26(24,25)18-9-5-8-16(14(18)2)21(22)23/h3-9,13,19H,10-12H2,1-2H3. The van der Waals surface area contributed by atoms with E-state index in [2.05, 4.69) is 15.7 Å². The number of nitrogens with one attached hydrogen (secondary N) is 1. The van der Waals surface area contributed by atoms with Crippen molar-refractivity contribution in [2.45, 2.75) is 31.2 Å². The molecule has 26 heavy (non-hydrogen) atoms. The highest BCUT2D eigenvalue weighted by molar-refractivity contribution is 7.89. The highest BCUT2D eigenvalue weighted by atomic mass is 32.2. The van der Waals surface area contributed by atoms with E-state index in [1.165, 1.54) is 30.7 Å². The maximum absolute atomic E-state index is 12.6. The lowest BCUT2D eigenvalue weighted by molar-refractivity contribution is -0.385. The number of hydrogen-bond acceptors (Lipinski definition) is 5. The molecule has 0 bridgehead atoms. The third-order valence-corrected chi connectivity index (χ3v) is 6.33. The maximum atomic E-state index is 12.6. The van der Waals surface area contributed by atoms with E-state index >= 15 is 0 Å². The van der Waals surface area contributed by atoms with E-state index in [9.17, 15) is 18.5 Å². The molecule has 0 saturated carbocycles. The van der Waals surface area contributed by atoms with Gasteiger partial charge in [-0.05, 0) is 38.0 Å². The van der Waals surface area contributed by atoms with Crippen molar-refractivity contribution in [2.75, 3.05) is 18.0 Å². The van der Waals surface area contributed by atoms with Crippen molar-refractivity contribution >= 4 is 21.4 Å². The van der Waals surface area contributed by atoms with Crippen LogP contribution in [0.1, 0.15) is 18.1 Å². The normalized spacial score (nSPS) is 14.9. The number of para-hydroxylation sites is 1. The fourth-order valence-electron chi connectivity index (χ4n) is 3.33. The predicted octanol–water partition coefficient (Wildman–Crippen LogP) is 2.63. The van der Waals surface area contributed by atoms with Gasteiger partial charge in [-0.25, -0.2) is 13.1 Å². The van der Waals surface area contributed by atoms with Crippen LogP contribution in [0, 0.1) is 17.0 Å². The van der Waals surface area contributed by atoms with Gasteiger partial charge in [0.05, 0.1) is 9.82 Å². The predicted molar refractivity (Wildman–Crippen MR) is 100.0 cm³/mol. The van der Waals surface area contributed by atoms with Gasteiger partial charge in [-0.15, -0.1) is 0 Å². The summed E-state index contributed by atoms with van der Waals surface area (Å²) in [5.41, 5.74) is 2.33. The van der Waals surface area contributed by atoms with Crippen LogP contribution >= 0.6 is 0 Å². The molecule has 1 atom stereocenters. The third kappa shape index (κ3) is 3.42. The van der Waals surface area contributed by atoms with Gasteiger partial charge in [-0.1, -0.05) is 24.3 Å². The van der Waals surface area contributed by atoms with Gasteiger partial charge in [0.2, 0.25) is 10.0 Å². The summed E-state index contributed by atoms with van der Waals surface area (Å²) < 4.78 is 27.9. The third-order valence-electron chi connectivity index (χ3n) is 4.77. The summed E-state index contributed by atoms with van der Waals surface area (Å²) in [7, 11) is -3.83. The van der Waals surface area contributed by atoms with Crippen LogP contribution in [-0.4, -0.2) is 32.5 Å². The van der Waals surface area contributed by atoms with Crippen LogP contribution in [0.2, 0.25) is 0 Å². The van der Waals surface area contributed by atoms with Crippen LogP contribution in [0.15, 0.2) is 47.4 Å². The van der Waals surface area contributed by atoms with Gasteiger partial charge in [-0.2, -0.15) is 0 Å². The topological polar surface area (TPSA) is 92.5 Å². The van der Waals surface area contributed by atoms with E-state index < -0.39 is 14.9 Å². The van der Waals surface area contributed by atoms with Crippen molar-refractivity contribution in [1.82, 2.24) is 4.72 Å². The molecule has 3 rings (SSSR count). The molecule has 0 radical (unpaired) electrons. The number of hydrogen-bond donors (Lipinski definition) is 1. The molecule has 138 valence electrons. The van der Waals surface area contributed by atoms with E-state index in [0.29, 0.717) is 0 Å². The lowest BCUT2D eigenvalue weighted by Crippen LogP contribution is -2.41. The molecular weight excluding hydrogens is 354 g/mol. The Labute approximate surface area is 152 Å². The average molecular weight is 375 g/mol. The second kappa shape index (κ2) is 7.05. The fraction of sp³-hybridized carbons (Fsp3) is 0.333. The number of fused-ring (bicyclic) bond motifs is 1. The Morgan fingerprint density at radius 1 is 1.23 bits per heavy atom. The molecule has 1 N–H and O–H groups in total. The van der Waals surface area contributed by atoms with Crippen LogP contribution in [0.3, 0.4) is 0 Å². The lowest BCUT2D eigenvalue weighted by atomic mass is 10.2. The van der Waals surface area contributed by atoms with Gasteiger partial charge in [0.15, 0.2) is 0 Å². The molecular formula is C18H21N3O4S. The molecule has 0 saturated heterocycles. The van der Waals surface area contributed by atoms with Crippen LogP contribution in [0.25, 0.3) is 0 Å². The summed E-state index contributed by atoms with van der Waals surface area (Å²) in [4.78, 5) is 12.6. The number of rotatable bonds is 6. The quantitative estimate of drug-likeness (QED) is 0.619. The van der Waals surface area contributed by atoms with Gasteiger partial charge in [-0.3, -0.25) is 10.1 Å². The number of anilines is 1. The average Bonchev–Trinajstić information content (AvgIpc) is 3.03. The molecule has 0 aromatic heterocycles. The number of benzene rings is 2. The number of nitro benzene ring substituents is 1. The Kier molecular flexibility index (Phi) is 4.97. The highest BCUT2D eigenvalue weighted by Crippen LogP contribution is 2.29. The van der Waals surface area contributed by atoms with E-state index in [4.69, 9.17) is 0 Å². The minimum absolute atomic E-state index is 0.0348. The van der Waals surface area contributed by atoms with Crippen molar-refractivity contribution < 1.29 is 13.3 Å². The van der Waals surface area contributed by atoms with Crippen LogP contribution in [0.4, 0.5) is 11.4 Å². The summed E-state index contributed by atoms with van der Waals surface area (Å²) in [5, 5.41) is 11.0. The zero-order valence-electron chi connectivity index (χ0n) is 14.7. The molecule has 8 heteroatoms. The van der Waals surface area contributed by atoms with Gasteiger partial charge >= 0.3 is 0 Å². The van der Waals surface area contributed by atoms with E-state index in [-0.39, 0.29) is 28.7 Å². The van der Waals surface area contributed by atoms with Gasteiger partial charge in [0, 0.05) is 36.4 Å². The molecule has 7 nitrogen and oxygen atoms in total. The second-order valence-electron chi connectivity index (χ2n) is 6.43. The molecule has 0 amide bonds. The summed E-state index contributed by atoms with van der Waals surface area (Å²) in [5.74, 6) is 0. The number of sulfonamides is 1. The first-order chi connectivity index (χ1) is 12.3. The Balaban J connectivity index is 1.75. The molecule has 0 fully saturated rings. The molecule has 0 spiro atoms. The minimum atomic E-state index is -3.83. The minimum Gasteiger partial charge on any atom is -0.367 e. The van der Waals surface area contributed by atoms with E-state index in [1.807, 2.05) is 25.1 Å². The van der Waals surface area contributed by atoms with Crippen molar-refractivity contribution in [3.63, 3.8) is 0 Å². The molecule has 2 aromatic carbocycles. The first-order valence-electron chi connectivity index (χ1n) is 8.39. The van der Waals surface area contributed by atoms with Crippen LogP contribution in [-0.2, 0) is 16.4 Å². The van der Waals surface area contributed by atoms with Crippen LogP contribution in [0.5, 0.6) is 0 Å². The maximum Gasteiger partial charge on any atom is 0.273 e. The SMILES string of the molecule is Cc1c([N+](=O)[O-])cccc1S(=O)(=O)NCC(C)N1CCc2ccccc21. The fourth-order valence-corrected chi connectivity index (χ4v) is 4.71. The number of nitrogens with zero attached hydrogens (tertiary/aromatic N) is 2. The van der Waals surface area contributed by atoms with Crippen molar-refractivity contribution in [3.8, 4) is 0 Å². The van der Waals surface area contributed by atoms with E-state index in [0.717, 1.165) is 18.7 Å². The largest absolute Gasteiger partial charge is 0.367 e. The highest BCUT2D eigenvalue weighted by Gasteiger charge is 2.26. The molecule has 0 aliphatic carbocycles. The van der Waals surface area contributed by atoms with Gasteiger partial charge in [0.25, 0.3) is 5.69 Å². The smallest absolute Gasteiger partial charge is 0.273 e. The zero-order valence-corrected chi connectivity index (χ0v) is 15.5. The van der Waals surface area contributed by atoms with Crippen LogP contribution < -0.4 is 9.62 Å².